The van der Waals surface area contributed by atoms with Crippen molar-refractivity contribution in [2.75, 3.05) is 5.32 Å². The Labute approximate surface area is 145 Å². The Balaban J connectivity index is 1.90. The van der Waals surface area contributed by atoms with E-state index >= 15 is 0 Å². The van der Waals surface area contributed by atoms with Gasteiger partial charge < -0.3 is 5.32 Å². The second-order valence-electron chi connectivity index (χ2n) is 6.91. The number of allylic oxidation sites excluding steroid dienone is 2. The van der Waals surface area contributed by atoms with Crippen molar-refractivity contribution in [1.29, 1.82) is 0 Å². The van der Waals surface area contributed by atoms with E-state index in [4.69, 9.17) is 0 Å². The van der Waals surface area contributed by atoms with Crippen LogP contribution in [0, 0.1) is 35.7 Å². The van der Waals surface area contributed by atoms with Crippen LogP contribution in [0.2, 0.25) is 0 Å². The molecule has 2 aliphatic rings. The SMILES string of the molecule is Cc1cc([N+](=O)[O-])c2c(c1C)[C@@H]1C=CC[C@H]1[C@@H](c1ccc(F)cc1)N2. The van der Waals surface area contributed by atoms with E-state index in [1.807, 2.05) is 13.8 Å². The van der Waals surface area contributed by atoms with Crippen molar-refractivity contribution in [2.45, 2.75) is 32.2 Å². The van der Waals surface area contributed by atoms with E-state index in [0.717, 1.165) is 28.7 Å². The molecule has 3 atom stereocenters. The number of fused-ring (bicyclic) bond motifs is 3. The Kier molecular flexibility index (Phi) is 3.60. The molecule has 25 heavy (non-hydrogen) atoms. The molecule has 0 unspecified atom stereocenters. The lowest BCUT2D eigenvalue weighted by Crippen LogP contribution is -2.30. The number of nitrogens with one attached hydrogen (secondary N) is 1. The molecular weight excluding hydrogens is 319 g/mol. The molecule has 1 heterocycles. The van der Waals surface area contributed by atoms with E-state index in [-0.39, 0.29) is 34.3 Å². The van der Waals surface area contributed by atoms with Gasteiger partial charge in [-0.15, -0.1) is 0 Å². The van der Waals surface area contributed by atoms with Gasteiger partial charge in [-0.1, -0.05) is 24.3 Å². The molecule has 0 amide bonds. The van der Waals surface area contributed by atoms with Gasteiger partial charge in [-0.3, -0.25) is 10.1 Å². The third-order valence-electron chi connectivity index (χ3n) is 5.57. The molecular formula is C20H19FN2O2. The van der Waals surface area contributed by atoms with Gasteiger partial charge in [0.1, 0.15) is 11.5 Å². The topological polar surface area (TPSA) is 55.2 Å². The molecule has 128 valence electrons. The van der Waals surface area contributed by atoms with Crippen molar-refractivity contribution in [2.24, 2.45) is 5.92 Å². The molecule has 0 spiro atoms. The van der Waals surface area contributed by atoms with Crippen molar-refractivity contribution in [3.05, 3.63) is 80.7 Å². The molecule has 1 aliphatic heterocycles. The molecule has 0 bridgehead atoms. The second kappa shape index (κ2) is 5.69. The summed E-state index contributed by atoms with van der Waals surface area (Å²) in [4.78, 5) is 11.3. The highest BCUT2D eigenvalue weighted by molar-refractivity contribution is 5.74. The van der Waals surface area contributed by atoms with Crippen LogP contribution >= 0.6 is 0 Å². The Morgan fingerprint density at radius 3 is 2.64 bits per heavy atom. The predicted octanol–water partition coefficient (Wildman–Crippen LogP) is 5.18. The summed E-state index contributed by atoms with van der Waals surface area (Å²) in [5, 5.41) is 15.0. The fraction of sp³-hybridized carbons (Fsp3) is 0.300. The third kappa shape index (κ3) is 2.42. The maximum atomic E-state index is 13.3. The maximum Gasteiger partial charge on any atom is 0.292 e. The predicted molar refractivity (Wildman–Crippen MR) is 95.3 cm³/mol. The molecule has 5 heteroatoms. The van der Waals surface area contributed by atoms with Crippen LogP contribution in [0.1, 0.15) is 40.6 Å². The minimum atomic E-state index is -0.320. The number of hydrogen-bond donors (Lipinski definition) is 1. The van der Waals surface area contributed by atoms with Gasteiger partial charge in [0.05, 0.1) is 11.0 Å². The number of halogens is 1. The quantitative estimate of drug-likeness (QED) is 0.466. The van der Waals surface area contributed by atoms with E-state index in [9.17, 15) is 14.5 Å². The monoisotopic (exact) mass is 338 g/mol. The highest BCUT2D eigenvalue weighted by Crippen LogP contribution is 2.53. The first-order valence-corrected chi connectivity index (χ1v) is 8.44. The number of anilines is 1. The summed E-state index contributed by atoms with van der Waals surface area (Å²) in [5.41, 5.74) is 4.75. The van der Waals surface area contributed by atoms with Crippen LogP contribution < -0.4 is 5.32 Å². The van der Waals surface area contributed by atoms with Gasteiger partial charge in [-0.25, -0.2) is 4.39 Å². The number of aryl methyl sites for hydroxylation is 1. The largest absolute Gasteiger partial charge is 0.372 e. The van der Waals surface area contributed by atoms with Gasteiger partial charge in [-0.05, 0) is 60.6 Å². The van der Waals surface area contributed by atoms with Crippen LogP contribution in [-0.4, -0.2) is 4.92 Å². The first-order chi connectivity index (χ1) is 12.0. The Morgan fingerprint density at radius 1 is 1.24 bits per heavy atom. The Hall–Kier alpha value is -2.69. The summed E-state index contributed by atoms with van der Waals surface area (Å²) in [7, 11) is 0. The molecule has 0 fully saturated rings. The van der Waals surface area contributed by atoms with Crippen LogP contribution in [0.25, 0.3) is 0 Å². The summed E-state index contributed by atoms with van der Waals surface area (Å²) < 4.78 is 13.3. The molecule has 0 radical (unpaired) electrons. The molecule has 1 aliphatic carbocycles. The summed E-state index contributed by atoms with van der Waals surface area (Å²) in [6, 6.07) is 7.98. The van der Waals surface area contributed by atoms with Crippen LogP contribution in [0.15, 0.2) is 42.5 Å². The van der Waals surface area contributed by atoms with Gasteiger partial charge in [0, 0.05) is 12.0 Å². The Bertz CT molecular complexity index is 890. The van der Waals surface area contributed by atoms with Crippen LogP contribution in [-0.2, 0) is 0 Å². The fourth-order valence-corrected chi connectivity index (χ4v) is 4.22. The minimum Gasteiger partial charge on any atom is -0.372 e. The number of nitrogens with zero attached hydrogens (tertiary/aromatic N) is 1. The van der Waals surface area contributed by atoms with E-state index in [1.54, 1.807) is 18.2 Å². The summed E-state index contributed by atoms with van der Waals surface area (Å²) in [5.74, 6) is 0.140. The number of nitro benzene ring substituents is 1. The Morgan fingerprint density at radius 2 is 1.96 bits per heavy atom. The average molecular weight is 338 g/mol. The van der Waals surface area contributed by atoms with Gasteiger partial charge in [-0.2, -0.15) is 0 Å². The second-order valence-corrected chi connectivity index (χ2v) is 6.91. The lowest BCUT2D eigenvalue weighted by Gasteiger charge is -2.38. The fourth-order valence-electron chi connectivity index (χ4n) is 4.22. The molecule has 4 rings (SSSR count). The normalized spacial score (nSPS) is 23.7. The lowest BCUT2D eigenvalue weighted by molar-refractivity contribution is -0.384. The number of nitro groups is 1. The van der Waals surface area contributed by atoms with Crippen LogP contribution in [0.3, 0.4) is 0 Å². The molecule has 4 nitrogen and oxygen atoms in total. The molecule has 0 saturated heterocycles. The lowest BCUT2D eigenvalue weighted by atomic mass is 9.74. The van der Waals surface area contributed by atoms with E-state index in [1.165, 1.54) is 12.1 Å². The average Bonchev–Trinajstić information content (AvgIpc) is 3.07. The zero-order valence-corrected chi connectivity index (χ0v) is 14.1. The van der Waals surface area contributed by atoms with Crippen molar-refractivity contribution in [3.8, 4) is 0 Å². The van der Waals surface area contributed by atoms with Gasteiger partial charge in [0.15, 0.2) is 0 Å². The summed E-state index contributed by atoms with van der Waals surface area (Å²) in [6.45, 7) is 3.95. The van der Waals surface area contributed by atoms with Crippen LogP contribution in [0.4, 0.5) is 15.8 Å². The van der Waals surface area contributed by atoms with Gasteiger partial charge in [0.2, 0.25) is 0 Å². The van der Waals surface area contributed by atoms with Crippen molar-refractivity contribution >= 4 is 11.4 Å². The highest BCUT2D eigenvalue weighted by Gasteiger charge is 2.41. The minimum absolute atomic E-state index is 0.0751. The van der Waals surface area contributed by atoms with Crippen LogP contribution in [0.5, 0.6) is 0 Å². The standard InChI is InChI=1S/C20H19FN2O2/c1-11-10-17(23(24)25)20-18(12(11)2)15-4-3-5-16(15)19(22-20)13-6-8-14(21)9-7-13/h3-4,6-10,15-16,19,22H,5H2,1-2H3/t15-,16-,19-/m1/s1. The maximum absolute atomic E-state index is 13.3. The van der Waals surface area contributed by atoms with Crippen molar-refractivity contribution in [1.82, 2.24) is 0 Å². The first kappa shape index (κ1) is 15.8. The first-order valence-electron chi connectivity index (χ1n) is 8.44. The zero-order valence-electron chi connectivity index (χ0n) is 14.1. The molecule has 2 aromatic carbocycles. The van der Waals surface area contributed by atoms with E-state index < -0.39 is 0 Å². The van der Waals surface area contributed by atoms with E-state index in [2.05, 4.69) is 17.5 Å². The van der Waals surface area contributed by atoms with E-state index in [0.29, 0.717) is 5.69 Å². The summed E-state index contributed by atoms with van der Waals surface area (Å²) >= 11 is 0. The number of benzene rings is 2. The highest BCUT2D eigenvalue weighted by atomic mass is 19.1. The molecule has 1 N–H and O–H groups in total. The number of hydrogen-bond acceptors (Lipinski definition) is 3. The third-order valence-corrected chi connectivity index (χ3v) is 5.57. The molecule has 2 aromatic rings. The molecule has 0 aromatic heterocycles. The van der Waals surface area contributed by atoms with Gasteiger partial charge >= 0.3 is 0 Å². The van der Waals surface area contributed by atoms with Crippen molar-refractivity contribution < 1.29 is 9.31 Å². The molecule has 0 saturated carbocycles. The number of rotatable bonds is 2. The summed E-state index contributed by atoms with van der Waals surface area (Å²) in [6.07, 6.45) is 5.22. The van der Waals surface area contributed by atoms with Crippen molar-refractivity contribution in [3.63, 3.8) is 0 Å². The smallest absolute Gasteiger partial charge is 0.292 e. The zero-order chi connectivity index (χ0) is 17.7. The van der Waals surface area contributed by atoms with Gasteiger partial charge in [0.25, 0.3) is 5.69 Å².